The molecule has 2 rings (SSSR count). The van der Waals surface area contributed by atoms with Gasteiger partial charge in [-0.15, -0.1) is 11.8 Å². The molecule has 1 aliphatic heterocycles. The highest BCUT2D eigenvalue weighted by atomic mass is 32.2. The minimum atomic E-state index is -0.133. The van der Waals surface area contributed by atoms with Gasteiger partial charge >= 0.3 is 6.03 Å². The number of urea groups is 1. The Morgan fingerprint density at radius 3 is 3.06 bits per heavy atom. The molecular weight excluding hydrogens is 250 g/mol. The zero-order valence-corrected chi connectivity index (χ0v) is 11.1. The first kappa shape index (κ1) is 12.8. The van der Waals surface area contributed by atoms with Crippen molar-refractivity contribution in [3.8, 4) is 0 Å². The Balaban J connectivity index is 2.13. The second kappa shape index (κ2) is 5.30. The standard InChI is InChI=1S/C12H15N3O2S/c1-13-12(17)15(2)6-8-3-4-10-9(5-8)14-11(16)7-18-10/h3-5H,6-7H2,1-2H3,(H,13,17)(H,14,16). The fraction of sp³-hybridized carbons (Fsp3) is 0.333. The Kier molecular flexibility index (Phi) is 3.76. The molecule has 96 valence electrons. The second-order valence-corrected chi connectivity index (χ2v) is 5.10. The Labute approximate surface area is 110 Å². The van der Waals surface area contributed by atoms with Crippen LogP contribution in [0.25, 0.3) is 0 Å². The van der Waals surface area contributed by atoms with Crippen LogP contribution >= 0.6 is 11.8 Å². The van der Waals surface area contributed by atoms with Gasteiger partial charge in [-0.05, 0) is 17.7 Å². The summed E-state index contributed by atoms with van der Waals surface area (Å²) in [6.45, 7) is 0.507. The number of hydrogen-bond donors (Lipinski definition) is 2. The van der Waals surface area contributed by atoms with Crippen molar-refractivity contribution in [2.24, 2.45) is 0 Å². The summed E-state index contributed by atoms with van der Waals surface area (Å²) in [4.78, 5) is 25.4. The number of thioether (sulfide) groups is 1. The predicted molar refractivity (Wildman–Crippen MR) is 71.7 cm³/mol. The van der Waals surface area contributed by atoms with E-state index in [-0.39, 0.29) is 11.9 Å². The van der Waals surface area contributed by atoms with Gasteiger partial charge in [-0.2, -0.15) is 0 Å². The molecule has 0 fully saturated rings. The number of anilines is 1. The monoisotopic (exact) mass is 265 g/mol. The summed E-state index contributed by atoms with van der Waals surface area (Å²) < 4.78 is 0. The summed E-state index contributed by atoms with van der Waals surface area (Å²) in [7, 11) is 3.33. The lowest BCUT2D eigenvalue weighted by atomic mass is 10.2. The van der Waals surface area contributed by atoms with Crippen LogP contribution < -0.4 is 10.6 Å². The highest BCUT2D eigenvalue weighted by Crippen LogP contribution is 2.32. The van der Waals surface area contributed by atoms with Gasteiger partial charge < -0.3 is 15.5 Å². The van der Waals surface area contributed by atoms with Crippen LogP contribution in [0.15, 0.2) is 23.1 Å². The number of nitrogens with one attached hydrogen (secondary N) is 2. The van der Waals surface area contributed by atoms with Crippen LogP contribution in [0.5, 0.6) is 0 Å². The highest BCUT2D eigenvalue weighted by Gasteiger charge is 2.16. The first-order valence-electron chi connectivity index (χ1n) is 5.58. The third kappa shape index (κ3) is 2.76. The molecule has 2 N–H and O–H groups in total. The van der Waals surface area contributed by atoms with Crippen LogP contribution in [-0.2, 0) is 11.3 Å². The molecular formula is C12H15N3O2S. The van der Waals surface area contributed by atoms with E-state index in [4.69, 9.17) is 0 Å². The average molecular weight is 265 g/mol. The molecule has 0 aliphatic carbocycles. The molecule has 0 radical (unpaired) electrons. The Bertz CT molecular complexity index is 490. The number of amides is 3. The molecule has 0 bridgehead atoms. The summed E-state index contributed by atoms with van der Waals surface area (Å²) in [5, 5.41) is 5.41. The van der Waals surface area contributed by atoms with E-state index in [1.54, 1.807) is 19.0 Å². The van der Waals surface area contributed by atoms with Gasteiger partial charge in [-0.25, -0.2) is 4.79 Å². The van der Waals surface area contributed by atoms with E-state index >= 15 is 0 Å². The lowest BCUT2D eigenvalue weighted by Gasteiger charge is -2.20. The van der Waals surface area contributed by atoms with Crippen molar-refractivity contribution in [2.75, 3.05) is 25.2 Å². The molecule has 1 aliphatic rings. The van der Waals surface area contributed by atoms with E-state index in [1.165, 1.54) is 11.8 Å². The van der Waals surface area contributed by atoms with Gasteiger partial charge in [-0.3, -0.25) is 4.79 Å². The molecule has 0 atom stereocenters. The number of hydrogen-bond acceptors (Lipinski definition) is 3. The number of benzene rings is 1. The van der Waals surface area contributed by atoms with Crippen molar-refractivity contribution in [3.63, 3.8) is 0 Å². The van der Waals surface area contributed by atoms with Gasteiger partial charge in [0.05, 0.1) is 11.4 Å². The van der Waals surface area contributed by atoms with Crippen LogP contribution in [0.4, 0.5) is 10.5 Å². The van der Waals surface area contributed by atoms with E-state index in [0.717, 1.165) is 16.1 Å². The Morgan fingerprint density at radius 1 is 1.56 bits per heavy atom. The number of carbonyl (C=O) groups excluding carboxylic acids is 2. The smallest absolute Gasteiger partial charge is 0.317 e. The lowest BCUT2D eigenvalue weighted by Crippen LogP contribution is -2.34. The molecule has 0 spiro atoms. The third-order valence-electron chi connectivity index (χ3n) is 2.66. The summed E-state index contributed by atoms with van der Waals surface area (Å²) in [5.74, 6) is 0.481. The highest BCUT2D eigenvalue weighted by molar-refractivity contribution is 8.00. The van der Waals surface area contributed by atoms with Crippen molar-refractivity contribution in [1.29, 1.82) is 0 Å². The van der Waals surface area contributed by atoms with E-state index in [1.807, 2.05) is 18.2 Å². The number of fused-ring (bicyclic) bond motifs is 1. The van der Waals surface area contributed by atoms with Crippen molar-refractivity contribution < 1.29 is 9.59 Å². The maximum Gasteiger partial charge on any atom is 0.317 e. The van der Waals surface area contributed by atoms with Crippen molar-refractivity contribution in [2.45, 2.75) is 11.4 Å². The topological polar surface area (TPSA) is 61.4 Å². The van der Waals surface area contributed by atoms with Crippen LogP contribution in [0, 0.1) is 0 Å². The first-order chi connectivity index (χ1) is 8.60. The largest absolute Gasteiger partial charge is 0.341 e. The lowest BCUT2D eigenvalue weighted by molar-refractivity contribution is -0.113. The number of nitrogens with zero attached hydrogens (tertiary/aromatic N) is 1. The van der Waals surface area contributed by atoms with E-state index in [9.17, 15) is 9.59 Å². The summed E-state index contributed by atoms with van der Waals surface area (Å²) in [5.41, 5.74) is 1.82. The first-order valence-corrected chi connectivity index (χ1v) is 6.57. The van der Waals surface area contributed by atoms with E-state index < -0.39 is 0 Å². The van der Waals surface area contributed by atoms with Gasteiger partial charge in [-0.1, -0.05) is 6.07 Å². The molecule has 0 saturated carbocycles. The molecule has 1 aromatic rings. The number of carbonyl (C=O) groups is 2. The molecule has 0 saturated heterocycles. The van der Waals surface area contributed by atoms with Gasteiger partial charge in [0.15, 0.2) is 0 Å². The molecule has 5 nitrogen and oxygen atoms in total. The molecule has 3 amide bonds. The number of rotatable bonds is 2. The fourth-order valence-electron chi connectivity index (χ4n) is 1.77. The van der Waals surface area contributed by atoms with Crippen LogP contribution in [0.3, 0.4) is 0 Å². The maximum absolute atomic E-state index is 11.4. The Hall–Kier alpha value is -1.69. The quantitative estimate of drug-likeness (QED) is 0.852. The zero-order chi connectivity index (χ0) is 13.1. The summed E-state index contributed by atoms with van der Waals surface area (Å²) in [6, 6.07) is 5.74. The summed E-state index contributed by atoms with van der Waals surface area (Å²) >= 11 is 1.53. The van der Waals surface area contributed by atoms with Gasteiger partial charge in [0.2, 0.25) is 5.91 Å². The fourth-order valence-corrected chi connectivity index (χ4v) is 2.55. The van der Waals surface area contributed by atoms with Crippen LogP contribution in [0.2, 0.25) is 0 Å². The zero-order valence-electron chi connectivity index (χ0n) is 10.3. The predicted octanol–water partition coefficient (Wildman–Crippen LogP) is 1.50. The van der Waals surface area contributed by atoms with E-state index in [2.05, 4.69) is 10.6 Å². The van der Waals surface area contributed by atoms with E-state index in [0.29, 0.717) is 12.3 Å². The van der Waals surface area contributed by atoms with Crippen molar-refractivity contribution in [1.82, 2.24) is 10.2 Å². The minimum Gasteiger partial charge on any atom is -0.341 e. The van der Waals surface area contributed by atoms with Gasteiger partial charge in [0.25, 0.3) is 0 Å². The Morgan fingerprint density at radius 2 is 2.33 bits per heavy atom. The molecule has 0 unspecified atom stereocenters. The third-order valence-corrected chi connectivity index (χ3v) is 3.73. The van der Waals surface area contributed by atoms with Crippen molar-refractivity contribution in [3.05, 3.63) is 23.8 Å². The molecule has 0 aromatic heterocycles. The molecule has 1 heterocycles. The van der Waals surface area contributed by atoms with Crippen LogP contribution in [-0.4, -0.2) is 36.7 Å². The van der Waals surface area contributed by atoms with Gasteiger partial charge in [0, 0.05) is 25.5 Å². The second-order valence-electron chi connectivity index (χ2n) is 4.08. The minimum absolute atomic E-state index is 0.0179. The SMILES string of the molecule is CNC(=O)N(C)Cc1ccc2c(c1)NC(=O)CS2. The van der Waals surface area contributed by atoms with Crippen LogP contribution in [0.1, 0.15) is 5.56 Å². The normalized spacial score (nSPS) is 13.6. The summed E-state index contributed by atoms with van der Waals surface area (Å²) in [6.07, 6.45) is 0. The van der Waals surface area contributed by atoms with Gasteiger partial charge in [0.1, 0.15) is 0 Å². The maximum atomic E-state index is 11.4. The van der Waals surface area contributed by atoms with Crippen molar-refractivity contribution >= 4 is 29.4 Å². The molecule has 6 heteroatoms. The molecule has 18 heavy (non-hydrogen) atoms. The average Bonchev–Trinajstić information content (AvgIpc) is 2.37. The molecule has 1 aromatic carbocycles.